The third-order valence-electron chi connectivity index (χ3n) is 2.34. The van der Waals surface area contributed by atoms with Crippen LogP contribution in [-0.2, 0) is 0 Å². The van der Waals surface area contributed by atoms with E-state index in [1.165, 1.54) is 12.1 Å². The number of halogens is 6. The van der Waals surface area contributed by atoms with Crippen LogP contribution in [0.3, 0.4) is 0 Å². The average Bonchev–Trinajstić information content (AvgIpc) is 2.82. The van der Waals surface area contributed by atoms with Crippen LogP contribution in [0.2, 0.25) is 15.1 Å². The molecular weight excluding hydrogens is 355 g/mol. The molecule has 0 saturated carbocycles. The van der Waals surface area contributed by atoms with Gasteiger partial charge < -0.3 is 9.15 Å². The van der Waals surface area contributed by atoms with Crippen molar-refractivity contribution >= 4 is 41.1 Å². The maximum Gasteiger partial charge on any atom is 0.573 e. The van der Waals surface area contributed by atoms with Crippen LogP contribution in [0.25, 0.3) is 11.3 Å². The van der Waals surface area contributed by atoms with Gasteiger partial charge in [-0.25, -0.2) is 0 Å². The lowest BCUT2D eigenvalue weighted by atomic mass is 10.1. The minimum absolute atomic E-state index is 0.00359. The van der Waals surface area contributed by atoms with E-state index in [1.54, 1.807) is 0 Å². The van der Waals surface area contributed by atoms with Crippen molar-refractivity contribution in [2.45, 2.75) is 6.36 Å². The van der Waals surface area contributed by atoms with Crippen molar-refractivity contribution in [1.29, 1.82) is 0 Å². The summed E-state index contributed by atoms with van der Waals surface area (Å²) in [6, 6.07) is 3.60. The molecule has 1 aromatic carbocycles. The molecule has 0 aliphatic rings. The molecule has 0 N–H and O–H groups in total. The summed E-state index contributed by atoms with van der Waals surface area (Å²) in [5, 5.41) is -0.928. The highest BCUT2D eigenvalue weighted by atomic mass is 35.5. The molecule has 112 valence electrons. The van der Waals surface area contributed by atoms with E-state index in [2.05, 4.69) is 4.74 Å². The first-order chi connectivity index (χ1) is 9.73. The molecule has 9 heteroatoms. The molecular formula is C12H4Cl3F3O3. The molecule has 0 spiro atoms. The summed E-state index contributed by atoms with van der Waals surface area (Å²) in [4.78, 5) is 10.6. The zero-order valence-corrected chi connectivity index (χ0v) is 12.1. The summed E-state index contributed by atoms with van der Waals surface area (Å²) < 4.78 is 45.5. The Kier molecular flexibility index (Phi) is 4.41. The van der Waals surface area contributed by atoms with Crippen molar-refractivity contribution in [3.8, 4) is 17.1 Å². The van der Waals surface area contributed by atoms with E-state index in [-0.39, 0.29) is 27.1 Å². The molecule has 0 bridgehead atoms. The minimum Gasteiger partial charge on any atom is -0.453 e. The Morgan fingerprint density at radius 3 is 2.33 bits per heavy atom. The van der Waals surface area contributed by atoms with Gasteiger partial charge in [0.05, 0.1) is 15.6 Å². The first-order valence-electron chi connectivity index (χ1n) is 5.21. The number of carbonyl (C=O) groups is 1. The van der Waals surface area contributed by atoms with Crippen molar-refractivity contribution in [2.75, 3.05) is 0 Å². The first-order valence-corrected chi connectivity index (χ1v) is 6.35. The van der Waals surface area contributed by atoms with Crippen LogP contribution in [0.5, 0.6) is 5.75 Å². The number of benzene rings is 1. The lowest BCUT2D eigenvalue weighted by Crippen LogP contribution is -2.17. The van der Waals surface area contributed by atoms with Crippen LogP contribution >= 0.6 is 34.8 Å². The van der Waals surface area contributed by atoms with Crippen LogP contribution in [0.1, 0.15) is 10.6 Å². The molecule has 2 aromatic rings. The molecule has 0 unspecified atom stereocenters. The number of hydrogen-bond acceptors (Lipinski definition) is 3. The van der Waals surface area contributed by atoms with Gasteiger partial charge in [-0.15, -0.1) is 13.2 Å². The zero-order valence-electron chi connectivity index (χ0n) is 9.80. The Morgan fingerprint density at radius 1 is 1.14 bits per heavy atom. The largest absolute Gasteiger partial charge is 0.573 e. The highest BCUT2D eigenvalue weighted by Gasteiger charge is 2.33. The molecule has 0 aliphatic carbocycles. The molecule has 3 nitrogen and oxygen atoms in total. The third-order valence-corrected chi connectivity index (χ3v) is 3.49. The van der Waals surface area contributed by atoms with E-state index in [9.17, 15) is 18.0 Å². The Bertz CT molecular complexity index is 695. The predicted octanol–water partition coefficient (Wildman–Crippen LogP) is 5.62. The van der Waals surface area contributed by atoms with Gasteiger partial charge in [0.1, 0.15) is 10.8 Å². The molecule has 0 saturated heterocycles. The highest BCUT2D eigenvalue weighted by molar-refractivity contribution is 6.46. The molecule has 0 atom stereocenters. The number of hydrogen-bond donors (Lipinski definition) is 0. The van der Waals surface area contributed by atoms with Gasteiger partial charge in [0, 0.05) is 6.07 Å². The van der Waals surface area contributed by atoms with Gasteiger partial charge in [-0.1, -0.05) is 34.8 Å². The van der Waals surface area contributed by atoms with E-state index in [1.807, 2.05) is 0 Å². The van der Waals surface area contributed by atoms with E-state index in [0.717, 1.165) is 6.07 Å². The number of aldehydes is 1. The maximum absolute atomic E-state index is 12.2. The standard InChI is InChI=1S/C12H4Cl3F3O3/c13-6-3-8(21-12(16,17)18)10(14)11(15)9(6)7-2-1-5(4-19)20-7/h1-4H. The Labute approximate surface area is 131 Å². The quantitative estimate of drug-likeness (QED) is 0.527. The van der Waals surface area contributed by atoms with E-state index in [4.69, 9.17) is 39.2 Å². The topological polar surface area (TPSA) is 39.4 Å². The minimum atomic E-state index is -4.94. The van der Waals surface area contributed by atoms with Gasteiger partial charge in [0.2, 0.25) is 0 Å². The second-order valence-electron chi connectivity index (χ2n) is 3.73. The number of rotatable bonds is 3. The highest BCUT2D eigenvalue weighted by Crippen LogP contribution is 2.45. The summed E-state index contributed by atoms with van der Waals surface area (Å²) in [5.41, 5.74) is 0.0611. The van der Waals surface area contributed by atoms with Crippen LogP contribution in [0.15, 0.2) is 22.6 Å². The second kappa shape index (κ2) is 5.79. The van der Waals surface area contributed by atoms with Gasteiger partial charge >= 0.3 is 6.36 Å². The third kappa shape index (κ3) is 3.45. The smallest absolute Gasteiger partial charge is 0.453 e. The van der Waals surface area contributed by atoms with Gasteiger partial charge in [-0.3, -0.25) is 4.79 Å². The normalized spacial score (nSPS) is 11.5. The lowest BCUT2D eigenvalue weighted by molar-refractivity contribution is -0.274. The Hall–Kier alpha value is -1.37. The molecule has 2 rings (SSSR count). The zero-order chi connectivity index (χ0) is 15.8. The summed E-state index contributed by atoms with van der Waals surface area (Å²) in [5.74, 6) is -0.637. The Morgan fingerprint density at radius 2 is 1.81 bits per heavy atom. The van der Waals surface area contributed by atoms with E-state index < -0.39 is 17.1 Å². The molecule has 0 aliphatic heterocycles. The van der Waals surface area contributed by atoms with Gasteiger partial charge in [-0.2, -0.15) is 0 Å². The molecule has 1 aromatic heterocycles. The van der Waals surface area contributed by atoms with Gasteiger partial charge in [-0.05, 0) is 12.1 Å². The monoisotopic (exact) mass is 358 g/mol. The molecule has 1 heterocycles. The fourth-order valence-corrected chi connectivity index (χ4v) is 2.36. The predicted molar refractivity (Wildman–Crippen MR) is 71.2 cm³/mol. The SMILES string of the molecule is O=Cc1ccc(-c2c(Cl)cc(OC(F)(F)F)c(Cl)c2Cl)o1. The average molecular weight is 360 g/mol. The summed E-state index contributed by atoms with van der Waals surface area (Å²) in [6.07, 6.45) is -4.48. The Balaban J connectivity index is 2.54. The van der Waals surface area contributed by atoms with E-state index in [0.29, 0.717) is 6.29 Å². The summed E-state index contributed by atoms with van der Waals surface area (Å²) >= 11 is 17.5. The van der Waals surface area contributed by atoms with E-state index >= 15 is 0 Å². The van der Waals surface area contributed by atoms with Crippen LogP contribution < -0.4 is 4.74 Å². The second-order valence-corrected chi connectivity index (χ2v) is 4.89. The molecule has 0 fully saturated rings. The van der Waals surface area contributed by atoms with Crippen LogP contribution in [0, 0.1) is 0 Å². The summed E-state index contributed by atoms with van der Waals surface area (Å²) in [7, 11) is 0. The molecule has 0 radical (unpaired) electrons. The van der Waals surface area contributed by atoms with Crippen molar-refractivity contribution in [3.63, 3.8) is 0 Å². The van der Waals surface area contributed by atoms with Crippen molar-refractivity contribution < 1.29 is 27.1 Å². The van der Waals surface area contributed by atoms with Gasteiger partial charge in [0.25, 0.3) is 0 Å². The van der Waals surface area contributed by atoms with Crippen LogP contribution in [-0.4, -0.2) is 12.6 Å². The number of ether oxygens (including phenoxy) is 1. The fraction of sp³-hybridized carbons (Fsp3) is 0.0833. The van der Waals surface area contributed by atoms with Crippen molar-refractivity contribution in [3.05, 3.63) is 39.0 Å². The number of furan rings is 1. The fourth-order valence-electron chi connectivity index (χ4n) is 1.55. The van der Waals surface area contributed by atoms with Crippen LogP contribution in [0.4, 0.5) is 13.2 Å². The van der Waals surface area contributed by atoms with Crippen molar-refractivity contribution in [2.24, 2.45) is 0 Å². The maximum atomic E-state index is 12.2. The molecule has 21 heavy (non-hydrogen) atoms. The first kappa shape index (κ1) is 16.0. The molecule has 0 amide bonds. The van der Waals surface area contributed by atoms with Gasteiger partial charge in [0.15, 0.2) is 17.8 Å². The number of carbonyl (C=O) groups excluding carboxylic acids is 1. The van der Waals surface area contributed by atoms with Crippen molar-refractivity contribution in [1.82, 2.24) is 0 Å². The number of alkyl halides is 3. The lowest BCUT2D eigenvalue weighted by Gasteiger charge is -2.14. The summed E-state index contributed by atoms with van der Waals surface area (Å²) in [6.45, 7) is 0.